The average molecular weight is 441 g/mol. The van der Waals surface area contributed by atoms with Crippen molar-refractivity contribution < 1.29 is 13.9 Å². The van der Waals surface area contributed by atoms with Gasteiger partial charge in [0.05, 0.1) is 13.4 Å². The Morgan fingerprint density at radius 2 is 1.94 bits per heavy atom. The molecule has 1 aromatic heterocycles. The predicted octanol–water partition coefficient (Wildman–Crippen LogP) is 4.10. The molecular formula is C23H25ClN4O3. The highest BCUT2D eigenvalue weighted by atomic mass is 35.5. The largest absolute Gasteiger partial charge is 0.497 e. The van der Waals surface area contributed by atoms with Crippen LogP contribution in [0.2, 0.25) is 5.02 Å². The van der Waals surface area contributed by atoms with Gasteiger partial charge < -0.3 is 25.1 Å². The third kappa shape index (κ3) is 6.52. The van der Waals surface area contributed by atoms with Crippen LogP contribution < -0.4 is 20.7 Å². The van der Waals surface area contributed by atoms with Crippen LogP contribution in [0, 0.1) is 0 Å². The highest BCUT2D eigenvalue weighted by Crippen LogP contribution is 2.22. The lowest BCUT2D eigenvalue weighted by Crippen LogP contribution is -2.37. The molecule has 0 aliphatic carbocycles. The minimum atomic E-state index is -0.280. The molecule has 0 atom stereocenters. The van der Waals surface area contributed by atoms with E-state index in [4.69, 9.17) is 20.8 Å². The van der Waals surface area contributed by atoms with Gasteiger partial charge in [0.15, 0.2) is 11.7 Å². The molecule has 3 aromatic rings. The molecule has 3 N–H and O–H groups in total. The molecule has 0 radical (unpaired) electrons. The van der Waals surface area contributed by atoms with Crippen LogP contribution in [0.4, 0.5) is 5.69 Å². The molecule has 162 valence electrons. The lowest BCUT2D eigenvalue weighted by molar-refractivity contribution is 0.0996. The van der Waals surface area contributed by atoms with E-state index in [9.17, 15) is 4.79 Å². The summed E-state index contributed by atoms with van der Waals surface area (Å²) in [5.41, 5.74) is 2.79. The first-order valence-electron chi connectivity index (χ1n) is 9.80. The zero-order valence-corrected chi connectivity index (χ0v) is 18.2. The number of guanidine groups is 1. The third-order valence-electron chi connectivity index (χ3n) is 4.59. The summed E-state index contributed by atoms with van der Waals surface area (Å²) in [6.45, 7) is 1.28. The van der Waals surface area contributed by atoms with Crippen LogP contribution in [-0.4, -0.2) is 32.6 Å². The number of carbonyl (C=O) groups is 1. The Morgan fingerprint density at radius 3 is 2.58 bits per heavy atom. The lowest BCUT2D eigenvalue weighted by Gasteiger charge is -2.13. The fourth-order valence-electron chi connectivity index (χ4n) is 2.89. The summed E-state index contributed by atoms with van der Waals surface area (Å²) in [7, 11) is 3.34. The Morgan fingerprint density at radius 1 is 1.13 bits per heavy atom. The molecule has 3 rings (SSSR count). The maximum absolute atomic E-state index is 12.0. The number of hydrogen-bond acceptors (Lipinski definition) is 4. The molecule has 0 saturated heterocycles. The van der Waals surface area contributed by atoms with Gasteiger partial charge in [0.2, 0.25) is 0 Å². The first-order chi connectivity index (χ1) is 15.1. The van der Waals surface area contributed by atoms with Gasteiger partial charge in [-0.2, -0.15) is 0 Å². The maximum Gasteiger partial charge on any atom is 0.291 e. The van der Waals surface area contributed by atoms with E-state index >= 15 is 0 Å². The molecule has 2 aromatic carbocycles. The van der Waals surface area contributed by atoms with Crippen molar-refractivity contribution in [2.75, 3.05) is 26.0 Å². The van der Waals surface area contributed by atoms with Crippen molar-refractivity contribution in [3.05, 3.63) is 82.8 Å². The Hall–Kier alpha value is -3.45. The van der Waals surface area contributed by atoms with Gasteiger partial charge in [0.1, 0.15) is 5.75 Å². The van der Waals surface area contributed by atoms with Gasteiger partial charge in [-0.05, 0) is 53.9 Å². The fraction of sp³-hybridized carbons (Fsp3) is 0.217. The number of halogens is 1. The molecule has 0 aliphatic rings. The van der Waals surface area contributed by atoms with Crippen LogP contribution in [0.5, 0.6) is 5.75 Å². The highest BCUT2D eigenvalue weighted by molar-refractivity contribution is 6.31. The number of nitrogens with one attached hydrogen (secondary N) is 3. The van der Waals surface area contributed by atoms with Crippen molar-refractivity contribution in [2.45, 2.75) is 13.0 Å². The Kier molecular flexibility index (Phi) is 7.95. The van der Waals surface area contributed by atoms with Crippen molar-refractivity contribution in [1.82, 2.24) is 10.6 Å². The average Bonchev–Trinajstić information content (AvgIpc) is 3.33. The molecule has 0 aliphatic heterocycles. The van der Waals surface area contributed by atoms with E-state index in [2.05, 4.69) is 20.9 Å². The van der Waals surface area contributed by atoms with Crippen molar-refractivity contribution in [3.63, 3.8) is 0 Å². The Balaban J connectivity index is 1.44. The summed E-state index contributed by atoms with van der Waals surface area (Å²) in [5, 5.41) is 10.0. The molecule has 0 saturated carbocycles. The third-order valence-corrected chi connectivity index (χ3v) is 4.94. The monoisotopic (exact) mass is 440 g/mol. The van der Waals surface area contributed by atoms with Crippen molar-refractivity contribution in [1.29, 1.82) is 0 Å². The van der Waals surface area contributed by atoms with Gasteiger partial charge in [0.25, 0.3) is 5.91 Å². The minimum absolute atomic E-state index is 0.275. The first kappa shape index (κ1) is 22.2. The second-order valence-electron chi connectivity index (χ2n) is 6.69. The fourth-order valence-corrected chi connectivity index (χ4v) is 3.15. The number of nitrogens with zero attached hydrogens (tertiary/aromatic N) is 1. The van der Waals surface area contributed by atoms with Crippen molar-refractivity contribution in [3.8, 4) is 5.75 Å². The molecule has 7 nitrogen and oxygen atoms in total. The SMILES string of the molecule is CN=C(NCCc1ccc(OC)cc1Cl)NCc1ccc(NC(=O)c2ccco2)cc1. The number of methoxy groups -OCH3 is 1. The zero-order chi connectivity index (χ0) is 22.1. The smallest absolute Gasteiger partial charge is 0.291 e. The van der Waals surface area contributed by atoms with E-state index in [0.29, 0.717) is 29.8 Å². The summed E-state index contributed by atoms with van der Waals surface area (Å²) < 4.78 is 10.3. The van der Waals surface area contributed by atoms with Gasteiger partial charge in [-0.25, -0.2) is 0 Å². The first-order valence-corrected chi connectivity index (χ1v) is 10.2. The van der Waals surface area contributed by atoms with Crippen molar-refractivity contribution >= 4 is 29.2 Å². The molecule has 0 bridgehead atoms. The van der Waals surface area contributed by atoms with E-state index in [0.717, 1.165) is 23.3 Å². The van der Waals surface area contributed by atoms with Gasteiger partial charge in [0, 0.05) is 30.8 Å². The predicted molar refractivity (Wildman–Crippen MR) is 123 cm³/mol. The number of furan rings is 1. The second-order valence-corrected chi connectivity index (χ2v) is 7.10. The number of aliphatic imine (C=N–C) groups is 1. The van der Waals surface area contributed by atoms with Crippen LogP contribution in [-0.2, 0) is 13.0 Å². The molecule has 0 spiro atoms. The molecule has 0 unspecified atom stereocenters. The molecule has 31 heavy (non-hydrogen) atoms. The number of benzene rings is 2. The van der Waals surface area contributed by atoms with E-state index in [1.807, 2.05) is 42.5 Å². The van der Waals surface area contributed by atoms with E-state index in [1.165, 1.54) is 6.26 Å². The summed E-state index contributed by atoms with van der Waals surface area (Å²) in [5.74, 6) is 1.43. The normalized spacial score (nSPS) is 11.1. The van der Waals surface area contributed by atoms with Gasteiger partial charge in [-0.3, -0.25) is 9.79 Å². The second kappa shape index (κ2) is 11.1. The minimum Gasteiger partial charge on any atom is -0.497 e. The number of carbonyl (C=O) groups excluding carboxylic acids is 1. The van der Waals surface area contributed by atoms with E-state index in [-0.39, 0.29) is 11.7 Å². The summed E-state index contributed by atoms with van der Waals surface area (Å²) in [6, 6.07) is 16.5. The highest BCUT2D eigenvalue weighted by Gasteiger charge is 2.08. The van der Waals surface area contributed by atoms with Crippen LogP contribution >= 0.6 is 11.6 Å². The summed E-state index contributed by atoms with van der Waals surface area (Å²) in [4.78, 5) is 16.3. The van der Waals surface area contributed by atoms with Crippen LogP contribution in [0.15, 0.2) is 70.3 Å². The number of hydrogen-bond donors (Lipinski definition) is 3. The maximum atomic E-state index is 12.0. The van der Waals surface area contributed by atoms with Crippen LogP contribution in [0.25, 0.3) is 0 Å². The summed E-state index contributed by atoms with van der Waals surface area (Å²) >= 11 is 6.29. The lowest BCUT2D eigenvalue weighted by atomic mass is 10.1. The quantitative estimate of drug-likeness (QED) is 0.362. The number of amides is 1. The number of anilines is 1. The van der Waals surface area contributed by atoms with Gasteiger partial charge in [-0.1, -0.05) is 29.8 Å². The van der Waals surface area contributed by atoms with Crippen LogP contribution in [0.3, 0.4) is 0 Å². The molecule has 1 heterocycles. The zero-order valence-electron chi connectivity index (χ0n) is 17.4. The van der Waals surface area contributed by atoms with E-state index in [1.54, 1.807) is 26.3 Å². The van der Waals surface area contributed by atoms with Gasteiger partial charge >= 0.3 is 0 Å². The number of ether oxygens (including phenoxy) is 1. The van der Waals surface area contributed by atoms with Gasteiger partial charge in [-0.15, -0.1) is 0 Å². The van der Waals surface area contributed by atoms with Crippen LogP contribution in [0.1, 0.15) is 21.7 Å². The molecule has 1 amide bonds. The Bertz CT molecular complexity index is 1020. The standard InChI is InChI=1S/C23H25ClN4O3/c1-25-23(26-12-11-17-7-10-19(30-2)14-20(17)24)27-15-16-5-8-18(9-6-16)28-22(29)21-4-3-13-31-21/h3-10,13-14H,11-12,15H2,1-2H3,(H,28,29)(H2,25,26,27). The summed E-state index contributed by atoms with van der Waals surface area (Å²) in [6.07, 6.45) is 2.23. The Labute approximate surface area is 186 Å². The van der Waals surface area contributed by atoms with E-state index < -0.39 is 0 Å². The molecular weight excluding hydrogens is 416 g/mol. The topological polar surface area (TPSA) is 87.9 Å². The van der Waals surface area contributed by atoms with Crippen molar-refractivity contribution in [2.24, 2.45) is 4.99 Å². The molecule has 8 heteroatoms. The number of rotatable bonds is 8. The molecule has 0 fully saturated rings.